The van der Waals surface area contributed by atoms with Gasteiger partial charge >= 0.3 is 0 Å². The monoisotopic (exact) mass is 349 g/mol. The zero-order chi connectivity index (χ0) is 18.1. The van der Waals surface area contributed by atoms with Crippen LogP contribution in [0.3, 0.4) is 0 Å². The van der Waals surface area contributed by atoms with Crippen LogP contribution in [0.5, 0.6) is 5.75 Å². The number of fused-ring (bicyclic) bond motifs is 1. The quantitative estimate of drug-likeness (QED) is 0.722. The number of imidazole rings is 1. The molecule has 134 valence electrons. The molecule has 4 rings (SSSR count). The Kier molecular flexibility index (Phi) is 4.37. The van der Waals surface area contributed by atoms with E-state index in [1.165, 1.54) is 5.52 Å². The van der Waals surface area contributed by atoms with E-state index in [-0.39, 0.29) is 5.91 Å². The van der Waals surface area contributed by atoms with Gasteiger partial charge in [-0.25, -0.2) is 4.98 Å². The van der Waals surface area contributed by atoms with Crippen LogP contribution in [0.25, 0.3) is 11.0 Å². The summed E-state index contributed by atoms with van der Waals surface area (Å²) >= 11 is 0. The molecule has 0 aliphatic carbocycles. The molecule has 2 aromatic carbocycles. The highest BCUT2D eigenvalue weighted by Gasteiger charge is 2.25. The average Bonchev–Trinajstić information content (AvgIpc) is 3.12. The number of aromatic nitrogens is 2. The Hall–Kier alpha value is -2.82. The molecule has 2 heterocycles. The zero-order valence-electron chi connectivity index (χ0n) is 15.2. The third-order valence-corrected chi connectivity index (χ3v) is 5.28. The number of hydrogen-bond donors (Lipinski definition) is 0. The number of nitrogens with zero attached hydrogens (tertiary/aromatic N) is 3. The summed E-state index contributed by atoms with van der Waals surface area (Å²) in [4.78, 5) is 19.3. The lowest BCUT2D eigenvalue weighted by atomic mass is 10.0. The molecule has 0 saturated carbocycles. The third kappa shape index (κ3) is 2.94. The SMILES string of the molecule is COc1cc(C(=O)N2CCC(n3cnc4ccccc43)CC2)ccc1C. The van der Waals surface area contributed by atoms with Crippen LogP contribution in [-0.2, 0) is 0 Å². The van der Waals surface area contributed by atoms with E-state index in [4.69, 9.17) is 4.74 Å². The molecule has 0 unspecified atom stereocenters. The van der Waals surface area contributed by atoms with Gasteiger partial charge in [0.25, 0.3) is 5.91 Å². The molecule has 0 spiro atoms. The lowest BCUT2D eigenvalue weighted by Crippen LogP contribution is -2.39. The number of amides is 1. The fraction of sp³-hybridized carbons (Fsp3) is 0.333. The number of carbonyl (C=O) groups is 1. The van der Waals surface area contributed by atoms with Crippen molar-refractivity contribution in [3.05, 3.63) is 59.9 Å². The number of ether oxygens (including phenoxy) is 1. The maximum absolute atomic E-state index is 12.8. The van der Waals surface area contributed by atoms with Crippen molar-refractivity contribution in [1.29, 1.82) is 0 Å². The Labute approximate surface area is 153 Å². The van der Waals surface area contributed by atoms with Gasteiger partial charge in [0.1, 0.15) is 5.75 Å². The number of likely N-dealkylation sites (tertiary alicyclic amines) is 1. The molecule has 1 saturated heterocycles. The second-order valence-electron chi connectivity index (χ2n) is 6.85. The lowest BCUT2D eigenvalue weighted by molar-refractivity contribution is 0.0695. The van der Waals surface area contributed by atoms with E-state index in [1.807, 2.05) is 54.5 Å². The number of methoxy groups -OCH3 is 1. The van der Waals surface area contributed by atoms with E-state index < -0.39 is 0 Å². The standard InChI is InChI=1S/C21H23N3O2/c1-15-7-8-16(13-20(15)26-2)21(25)23-11-9-17(10-12-23)24-14-22-18-5-3-4-6-19(18)24/h3-8,13-14,17H,9-12H2,1-2H3. The smallest absolute Gasteiger partial charge is 0.253 e. The average molecular weight is 349 g/mol. The fourth-order valence-electron chi connectivity index (χ4n) is 3.75. The van der Waals surface area contributed by atoms with Crippen molar-refractivity contribution in [2.24, 2.45) is 0 Å². The van der Waals surface area contributed by atoms with E-state index in [0.717, 1.165) is 42.8 Å². The number of hydrogen-bond acceptors (Lipinski definition) is 3. The van der Waals surface area contributed by atoms with Gasteiger partial charge in [0.15, 0.2) is 0 Å². The summed E-state index contributed by atoms with van der Waals surface area (Å²) in [5.41, 5.74) is 3.92. The summed E-state index contributed by atoms with van der Waals surface area (Å²) in [6, 6.07) is 14.3. The number of carbonyl (C=O) groups excluding carboxylic acids is 1. The van der Waals surface area contributed by atoms with Crippen LogP contribution in [0.4, 0.5) is 0 Å². The minimum atomic E-state index is 0.0808. The summed E-state index contributed by atoms with van der Waals surface area (Å²) in [6.07, 6.45) is 3.81. The van der Waals surface area contributed by atoms with Crippen LogP contribution >= 0.6 is 0 Å². The molecule has 5 nitrogen and oxygen atoms in total. The molecule has 0 N–H and O–H groups in total. The highest BCUT2D eigenvalue weighted by Crippen LogP contribution is 2.28. The van der Waals surface area contributed by atoms with Gasteiger partial charge < -0.3 is 14.2 Å². The highest BCUT2D eigenvalue weighted by molar-refractivity contribution is 5.94. The van der Waals surface area contributed by atoms with Crippen molar-refractivity contribution in [2.45, 2.75) is 25.8 Å². The molecule has 3 aromatic rings. The first kappa shape index (κ1) is 16.6. The van der Waals surface area contributed by atoms with Crippen LogP contribution in [0.1, 0.15) is 34.8 Å². The predicted molar refractivity (Wildman–Crippen MR) is 102 cm³/mol. The summed E-state index contributed by atoms with van der Waals surface area (Å²) in [5.74, 6) is 0.841. The largest absolute Gasteiger partial charge is 0.496 e. The van der Waals surface area contributed by atoms with Crippen LogP contribution in [0.15, 0.2) is 48.8 Å². The van der Waals surface area contributed by atoms with Crippen molar-refractivity contribution in [3.8, 4) is 5.75 Å². The second-order valence-corrected chi connectivity index (χ2v) is 6.85. The predicted octanol–water partition coefficient (Wildman–Crippen LogP) is 3.83. The first-order chi connectivity index (χ1) is 12.7. The van der Waals surface area contributed by atoms with E-state index in [1.54, 1.807) is 7.11 Å². The Morgan fingerprint density at radius 1 is 1.15 bits per heavy atom. The molecule has 0 radical (unpaired) electrons. The number of rotatable bonds is 3. The molecule has 1 aliphatic heterocycles. The number of aryl methyl sites for hydroxylation is 1. The van der Waals surface area contributed by atoms with Crippen LogP contribution < -0.4 is 4.74 Å². The Morgan fingerprint density at radius 3 is 2.69 bits per heavy atom. The number of piperidine rings is 1. The van der Waals surface area contributed by atoms with Gasteiger partial charge in [-0.2, -0.15) is 0 Å². The first-order valence-corrected chi connectivity index (χ1v) is 9.03. The molecule has 1 fully saturated rings. The molecule has 1 aromatic heterocycles. The van der Waals surface area contributed by atoms with Crippen molar-refractivity contribution < 1.29 is 9.53 Å². The first-order valence-electron chi connectivity index (χ1n) is 9.03. The molecule has 1 amide bonds. The van der Waals surface area contributed by atoms with E-state index in [2.05, 4.69) is 15.6 Å². The molecular weight excluding hydrogens is 326 g/mol. The molecular formula is C21H23N3O2. The number of para-hydroxylation sites is 2. The molecule has 0 atom stereocenters. The van der Waals surface area contributed by atoms with Gasteiger partial charge in [0.2, 0.25) is 0 Å². The minimum absolute atomic E-state index is 0.0808. The fourth-order valence-corrected chi connectivity index (χ4v) is 3.75. The Bertz CT molecular complexity index is 939. The molecule has 5 heteroatoms. The summed E-state index contributed by atoms with van der Waals surface area (Å²) < 4.78 is 7.61. The van der Waals surface area contributed by atoms with Gasteiger partial charge in [-0.3, -0.25) is 4.79 Å². The number of benzene rings is 2. The van der Waals surface area contributed by atoms with Gasteiger partial charge in [-0.1, -0.05) is 18.2 Å². The summed E-state index contributed by atoms with van der Waals surface area (Å²) in [7, 11) is 1.64. The third-order valence-electron chi connectivity index (χ3n) is 5.28. The van der Waals surface area contributed by atoms with E-state index >= 15 is 0 Å². The van der Waals surface area contributed by atoms with Crippen molar-refractivity contribution in [2.75, 3.05) is 20.2 Å². The molecule has 26 heavy (non-hydrogen) atoms. The normalized spacial score (nSPS) is 15.4. The van der Waals surface area contributed by atoms with Gasteiger partial charge in [-0.15, -0.1) is 0 Å². The lowest BCUT2D eigenvalue weighted by Gasteiger charge is -2.33. The second kappa shape index (κ2) is 6.83. The van der Waals surface area contributed by atoms with Crippen molar-refractivity contribution in [3.63, 3.8) is 0 Å². The summed E-state index contributed by atoms with van der Waals surface area (Å²) in [5, 5.41) is 0. The van der Waals surface area contributed by atoms with Crippen LogP contribution in [0.2, 0.25) is 0 Å². The Morgan fingerprint density at radius 2 is 1.92 bits per heavy atom. The zero-order valence-corrected chi connectivity index (χ0v) is 15.2. The van der Waals surface area contributed by atoms with Crippen LogP contribution in [0, 0.1) is 6.92 Å². The highest BCUT2D eigenvalue weighted by atomic mass is 16.5. The van der Waals surface area contributed by atoms with Crippen molar-refractivity contribution >= 4 is 16.9 Å². The van der Waals surface area contributed by atoms with Gasteiger partial charge in [-0.05, 0) is 49.6 Å². The molecule has 1 aliphatic rings. The van der Waals surface area contributed by atoms with Crippen LogP contribution in [-0.4, -0.2) is 40.6 Å². The topological polar surface area (TPSA) is 47.4 Å². The maximum Gasteiger partial charge on any atom is 0.253 e. The van der Waals surface area contributed by atoms with E-state index in [0.29, 0.717) is 11.6 Å². The van der Waals surface area contributed by atoms with Gasteiger partial charge in [0, 0.05) is 24.7 Å². The van der Waals surface area contributed by atoms with Crippen molar-refractivity contribution in [1.82, 2.24) is 14.5 Å². The molecule has 0 bridgehead atoms. The van der Waals surface area contributed by atoms with E-state index in [9.17, 15) is 4.79 Å². The summed E-state index contributed by atoms with van der Waals surface area (Å²) in [6.45, 7) is 3.49. The minimum Gasteiger partial charge on any atom is -0.496 e. The maximum atomic E-state index is 12.8. The van der Waals surface area contributed by atoms with Gasteiger partial charge in [0.05, 0.1) is 24.5 Å². The Balaban J connectivity index is 1.47.